The Morgan fingerprint density at radius 3 is 2.75 bits per heavy atom. The maximum absolute atomic E-state index is 7.14. The molecule has 68 valence electrons. The van der Waals surface area contributed by atoms with Crippen molar-refractivity contribution in [2.75, 3.05) is 0 Å². The van der Waals surface area contributed by atoms with Gasteiger partial charge in [-0.1, -0.05) is 13.5 Å². The largest absolute Gasteiger partial charge is 0.310 e. The molecule has 0 radical (unpaired) electrons. The van der Waals surface area contributed by atoms with Crippen molar-refractivity contribution in [3.63, 3.8) is 0 Å². The van der Waals surface area contributed by atoms with E-state index in [0.717, 1.165) is 6.42 Å². The van der Waals surface area contributed by atoms with Crippen LogP contribution < -0.4 is 10.6 Å². The Kier molecular flexibility index (Phi) is 3.00. The lowest BCUT2D eigenvalue weighted by Gasteiger charge is -2.36. The molecule has 3 nitrogen and oxygen atoms in total. The molecule has 0 aliphatic carbocycles. The van der Waals surface area contributed by atoms with Crippen LogP contribution in [0, 0.1) is 5.41 Å². The lowest BCUT2D eigenvalue weighted by Crippen LogP contribution is -2.59. The van der Waals surface area contributed by atoms with Crippen LogP contribution in [-0.2, 0) is 0 Å². The van der Waals surface area contributed by atoms with Crippen LogP contribution in [0.5, 0.6) is 0 Å². The van der Waals surface area contributed by atoms with Gasteiger partial charge in [0.15, 0.2) is 0 Å². The Labute approximate surface area is 73.7 Å². The predicted octanol–water partition coefficient (Wildman–Crippen LogP) is 0.878. The summed E-state index contributed by atoms with van der Waals surface area (Å²) in [7, 11) is 0. The quantitative estimate of drug-likeness (QED) is 0.422. The summed E-state index contributed by atoms with van der Waals surface area (Å²) in [6.45, 7) is 8.23. The van der Waals surface area contributed by atoms with Gasteiger partial charge in [-0.2, -0.15) is 0 Å². The SMILES string of the molecule is C=C1C(C)NC(C=N)NC1CC. The second-order valence-electron chi connectivity index (χ2n) is 3.24. The minimum atomic E-state index is 0.00968. The summed E-state index contributed by atoms with van der Waals surface area (Å²) in [5.74, 6) is 0. The summed E-state index contributed by atoms with van der Waals surface area (Å²) in [4.78, 5) is 0. The Morgan fingerprint density at radius 1 is 1.58 bits per heavy atom. The van der Waals surface area contributed by atoms with Crippen molar-refractivity contribution in [1.82, 2.24) is 10.6 Å². The van der Waals surface area contributed by atoms with Crippen LogP contribution in [0.15, 0.2) is 12.2 Å². The van der Waals surface area contributed by atoms with Gasteiger partial charge in [0.2, 0.25) is 0 Å². The minimum Gasteiger partial charge on any atom is -0.310 e. The monoisotopic (exact) mass is 167 g/mol. The number of rotatable bonds is 2. The highest BCUT2D eigenvalue weighted by Crippen LogP contribution is 2.13. The maximum Gasteiger partial charge on any atom is 0.0941 e. The van der Waals surface area contributed by atoms with E-state index >= 15 is 0 Å². The summed E-state index contributed by atoms with van der Waals surface area (Å²) in [5, 5.41) is 13.6. The highest BCUT2D eigenvalue weighted by Gasteiger charge is 2.25. The highest BCUT2D eigenvalue weighted by molar-refractivity contribution is 5.61. The maximum atomic E-state index is 7.14. The van der Waals surface area contributed by atoms with E-state index in [1.165, 1.54) is 11.8 Å². The number of hydrogen-bond acceptors (Lipinski definition) is 3. The lowest BCUT2D eigenvalue weighted by molar-refractivity contribution is 0.369. The summed E-state index contributed by atoms with van der Waals surface area (Å²) in [6.07, 6.45) is 2.44. The Bertz CT molecular complexity index is 188. The van der Waals surface area contributed by atoms with Crippen molar-refractivity contribution in [3.05, 3.63) is 12.2 Å². The zero-order chi connectivity index (χ0) is 9.14. The Morgan fingerprint density at radius 2 is 2.25 bits per heavy atom. The van der Waals surface area contributed by atoms with Crippen LogP contribution in [0.25, 0.3) is 0 Å². The van der Waals surface area contributed by atoms with E-state index in [0.29, 0.717) is 12.1 Å². The van der Waals surface area contributed by atoms with Gasteiger partial charge in [-0.25, -0.2) is 0 Å². The van der Waals surface area contributed by atoms with Gasteiger partial charge < -0.3 is 5.41 Å². The molecule has 0 saturated carbocycles. The smallest absolute Gasteiger partial charge is 0.0941 e. The molecule has 0 aromatic carbocycles. The number of nitrogens with one attached hydrogen (secondary N) is 3. The third-order valence-corrected chi connectivity index (χ3v) is 2.39. The fraction of sp³-hybridized carbons (Fsp3) is 0.667. The van der Waals surface area contributed by atoms with Crippen LogP contribution in [0.4, 0.5) is 0 Å². The van der Waals surface area contributed by atoms with E-state index < -0.39 is 0 Å². The molecule has 0 bridgehead atoms. The van der Waals surface area contributed by atoms with E-state index in [2.05, 4.69) is 31.1 Å². The molecule has 12 heavy (non-hydrogen) atoms. The molecule has 0 aromatic heterocycles. The molecule has 1 fully saturated rings. The predicted molar refractivity (Wildman–Crippen MR) is 51.5 cm³/mol. The first-order valence-corrected chi connectivity index (χ1v) is 4.40. The van der Waals surface area contributed by atoms with E-state index in [1.54, 1.807) is 0 Å². The summed E-state index contributed by atoms with van der Waals surface area (Å²) >= 11 is 0. The van der Waals surface area contributed by atoms with E-state index in [4.69, 9.17) is 5.41 Å². The van der Waals surface area contributed by atoms with E-state index in [1.807, 2.05) is 0 Å². The second-order valence-corrected chi connectivity index (χ2v) is 3.24. The third-order valence-electron chi connectivity index (χ3n) is 2.39. The summed E-state index contributed by atoms with van der Waals surface area (Å²) in [6, 6.07) is 0.663. The van der Waals surface area contributed by atoms with Gasteiger partial charge in [0.1, 0.15) is 0 Å². The molecule has 1 rings (SSSR count). The van der Waals surface area contributed by atoms with Gasteiger partial charge in [-0.3, -0.25) is 10.6 Å². The van der Waals surface area contributed by atoms with Crippen LogP contribution in [-0.4, -0.2) is 24.5 Å². The van der Waals surface area contributed by atoms with Crippen molar-refractivity contribution in [3.8, 4) is 0 Å². The van der Waals surface area contributed by atoms with Crippen molar-refractivity contribution in [2.24, 2.45) is 0 Å². The zero-order valence-electron chi connectivity index (χ0n) is 7.72. The topological polar surface area (TPSA) is 47.9 Å². The normalized spacial score (nSPS) is 36.5. The molecule has 0 aromatic rings. The van der Waals surface area contributed by atoms with Crippen LogP contribution in [0.2, 0.25) is 0 Å². The van der Waals surface area contributed by atoms with E-state index in [-0.39, 0.29) is 6.17 Å². The zero-order valence-corrected chi connectivity index (χ0v) is 7.72. The van der Waals surface area contributed by atoms with Crippen LogP contribution in [0.3, 0.4) is 0 Å². The molecule has 0 spiro atoms. The molecular weight excluding hydrogens is 150 g/mol. The van der Waals surface area contributed by atoms with Crippen molar-refractivity contribution in [1.29, 1.82) is 5.41 Å². The summed E-state index contributed by atoms with van der Waals surface area (Å²) in [5.41, 5.74) is 1.19. The molecule has 1 aliphatic heterocycles. The fourth-order valence-corrected chi connectivity index (χ4v) is 1.53. The van der Waals surface area contributed by atoms with Crippen LogP contribution >= 0.6 is 0 Å². The molecule has 3 heteroatoms. The average molecular weight is 167 g/mol. The molecule has 1 aliphatic rings. The fourth-order valence-electron chi connectivity index (χ4n) is 1.53. The highest BCUT2D eigenvalue weighted by atomic mass is 15.2. The van der Waals surface area contributed by atoms with Crippen molar-refractivity contribution < 1.29 is 0 Å². The molecule has 3 unspecified atom stereocenters. The second kappa shape index (κ2) is 3.83. The van der Waals surface area contributed by atoms with Gasteiger partial charge in [-0.05, 0) is 18.9 Å². The van der Waals surface area contributed by atoms with Crippen LogP contribution in [0.1, 0.15) is 20.3 Å². The minimum absolute atomic E-state index is 0.00968. The van der Waals surface area contributed by atoms with Crippen molar-refractivity contribution >= 4 is 6.21 Å². The molecule has 1 heterocycles. The van der Waals surface area contributed by atoms with Crippen molar-refractivity contribution in [2.45, 2.75) is 38.5 Å². The van der Waals surface area contributed by atoms with Gasteiger partial charge >= 0.3 is 0 Å². The molecule has 1 saturated heterocycles. The first-order valence-electron chi connectivity index (χ1n) is 4.40. The first kappa shape index (κ1) is 9.42. The first-order chi connectivity index (χ1) is 5.69. The summed E-state index contributed by atoms with van der Waals surface area (Å²) < 4.78 is 0. The van der Waals surface area contributed by atoms with Gasteiger partial charge in [-0.15, -0.1) is 0 Å². The van der Waals surface area contributed by atoms with E-state index in [9.17, 15) is 0 Å². The average Bonchev–Trinajstić information content (AvgIpc) is 2.09. The molecule has 0 amide bonds. The van der Waals surface area contributed by atoms with Gasteiger partial charge in [0, 0.05) is 18.3 Å². The third kappa shape index (κ3) is 1.73. The molecular formula is C9H17N3. The Balaban J connectivity index is 2.64. The standard InChI is InChI=1S/C9H17N3/c1-4-8-6(2)7(3)11-9(5-10)12-8/h5,7-12H,2,4H2,1,3H3. The molecule has 3 N–H and O–H groups in total. The van der Waals surface area contributed by atoms with Gasteiger partial charge in [0.25, 0.3) is 0 Å². The number of hydrogen-bond donors (Lipinski definition) is 3. The lowest BCUT2D eigenvalue weighted by atomic mass is 9.97. The molecule has 3 atom stereocenters. The van der Waals surface area contributed by atoms with Gasteiger partial charge in [0.05, 0.1) is 6.17 Å². The Hall–Kier alpha value is -0.670.